The molecule has 0 unspecified atom stereocenters. The minimum atomic E-state index is -0.125. The van der Waals surface area contributed by atoms with Gasteiger partial charge < -0.3 is 10.2 Å². The first-order chi connectivity index (χ1) is 12.6. The van der Waals surface area contributed by atoms with Gasteiger partial charge in [-0.1, -0.05) is 29.8 Å². The van der Waals surface area contributed by atoms with Gasteiger partial charge in [0.2, 0.25) is 5.91 Å². The van der Waals surface area contributed by atoms with Crippen LogP contribution in [0.15, 0.2) is 30.5 Å². The molecule has 1 aromatic carbocycles. The van der Waals surface area contributed by atoms with Crippen LogP contribution in [0.5, 0.6) is 0 Å². The molecule has 0 saturated carbocycles. The molecule has 2 atom stereocenters. The number of carbonyl (C=O) groups excluding carboxylic acids is 1. The van der Waals surface area contributed by atoms with Crippen molar-refractivity contribution < 1.29 is 4.79 Å². The fourth-order valence-corrected chi connectivity index (χ4v) is 3.86. The summed E-state index contributed by atoms with van der Waals surface area (Å²) in [6.07, 6.45) is 5.03. The summed E-state index contributed by atoms with van der Waals surface area (Å²) in [5.74, 6) is 0.968. The molecule has 1 amide bonds. The molecule has 5 nitrogen and oxygen atoms in total. The van der Waals surface area contributed by atoms with E-state index >= 15 is 0 Å². The minimum Gasteiger partial charge on any atom is -0.337 e. The van der Waals surface area contributed by atoms with Crippen LogP contribution in [-0.2, 0) is 17.8 Å². The van der Waals surface area contributed by atoms with Crippen molar-refractivity contribution in [2.45, 2.75) is 51.6 Å². The Morgan fingerprint density at radius 2 is 2.12 bits per heavy atom. The van der Waals surface area contributed by atoms with E-state index in [4.69, 9.17) is 4.98 Å². The highest BCUT2D eigenvalue weighted by atomic mass is 16.2. The van der Waals surface area contributed by atoms with Crippen LogP contribution >= 0.6 is 0 Å². The molecule has 0 spiro atoms. The Bertz CT molecular complexity index is 796. The van der Waals surface area contributed by atoms with Gasteiger partial charge in [-0.15, -0.1) is 0 Å². The Hall–Kier alpha value is -2.27. The van der Waals surface area contributed by atoms with Gasteiger partial charge in [-0.05, 0) is 38.8 Å². The van der Waals surface area contributed by atoms with Gasteiger partial charge in [0, 0.05) is 31.3 Å². The fourth-order valence-electron chi connectivity index (χ4n) is 3.86. The second kappa shape index (κ2) is 7.16. The zero-order chi connectivity index (χ0) is 18.1. The molecule has 26 heavy (non-hydrogen) atoms. The molecule has 5 heteroatoms. The summed E-state index contributed by atoms with van der Waals surface area (Å²) in [6, 6.07) is 8.54. The summed E-state index contributed by atoms with van der Waals surface area (Å²) in [5.41, 5.74) is 4.48. The summed E-state index contributed by atoms with van der Waals surface area (Å²) in [6.45, 7) is 6.45. The van der Waals surface area contributed by atoms with Crippen LogP contribution in [-0.4, -0.2) is 33.9 Å². The SMILES string of the molecule is Cc1ccc([C@@H](C)C(=O)N2CCc3nc([C@H]4CCCN4)ncc3C2)cc1. The quantitative estimate of drug-likeness (QED) is 0.925. The zero-order valence-electron chi connectivity index (χ0n) is 15.5. The van der Waals surface area contributed by atoms with Crippen LogP contribution in [0.2, 0.25) is 0 Å². The van der Waals surface area contributed by atoms with E-state index in [2.05, 4.69) is 41.5 Å². The lowest BCUT2D eigenvalue weighted by Crippen LogP contribution is -2.39. The maximum absolute atomic E-state index is 12.9. The number of aromatic nitrogens is 2. The lowest BCUT2D eigenvalue weighted by atomic mass is 9.97. The number of nitrogens with one attached hydrogen (secondary N) is 1. The van der Waals surface area contributed by atoms with Gasteiger partial charge in [0.1, 0.15) is 5.82 Å². The van der Waals surface area contributed by atoms with E-state index in [0.717, 1.165) is 48.6 Å². The highest BCUT2D eigenvalue weighted by Crippen LogP contribution is 2.25. The topological polar surface area (TPSA) is 58.1 Å². The number of aryl methyl sites for hydroxylation is 1. The third kappa shape index (κ3) is 3.36. The summed E-state index contributed by atoms with van der Waals surface area (Å²) < 4.78 is 0. The van der Waals surface area contributed by atoms with Gasteiger partial charge in [0.15, 0.2) is 0 Å². The largest absolute Gasteiger partial charge is 0.337 e. The number of benzene rings is 1. The first-order valence-corrected chi connectivity index (χ1v) is 9.55. The highest BCUT2D eigenvalue weighted by Gasteiger charge is 2.27. The molecular weight excluding hydrogens is 324 g/mol. The first kappa shape index (κ1) is 17.2. The lowest BCUT2D eigenvalue weighted by Gasteiger charge is -2.30. The van der Waals surface area contributed by atoms with Crippen LogP contribution in [0.25, 0.3) is 0 Å². The van der Waals surface area contributed by atoms with Crippen LogP contribution in [0.3, 0.4) is 0 Å². The average molecular weight is 350 g/mol. The molecular formula is C21H26N4O. The predicted molar refractivity (Wildman–Crippen MR) is 101 cm³/mol. The number of nitrogens with zero attached hydrogens (tertiary/aromatic N) is 3. The van der Waals surface area contributed by atoms with Gasteiger partial charge in [-0.3, -0.25) is 4.79 Å². The predicted octanol–water partition coefficient (Wildman–Crippen LogP) is 2.90. The summed E-state index contributed by atoms with van der Waals surface area (Å²) in [7, 11) is 0. The number of carbonyl (C=O) groups is 1. The third-order valence-electron chi connectivity index (χ3n) is 5.58. The second-order valence-corrected chi connectivity index (χ2v) is 7.49. The number of hydrogen-bond donors (Lipinski definition) is 1. The van der Waals surface area contributed by atoms with Crippen molar-refractivity contribution in [1.29, 1.82) is 0 Å². The van der Waals surface area contributed by atoms with E-state index in [-0.39, 0.29) is 11.8 Å². The average Bonchev–Trinajstić information content (AvgIpc) is 3.21. The van der Waals surface area contributed by atoms with Gasteiger partial charge in [-0.2, -0.15) is 0 Å². The van der Waals surface area contributed by atoms with Gasteiger partial charge in [0.05, 0.1) is 17.7 Å². The fraction of sp³-hybridized carbons (Fsp3) is 0.476. The third-order valence-corrected chi connectivity index (χ3v) is 5.58. The summed E-state index contributed by atoms with van der Waals surface area (Å²) in [5, 5.41) is 3.45. The second-order valence-electron chi connectivity index (χ2n) is 7.49. The first-order valence-electron chi connectivity index (χ1n) is 9.55. The van der Waals surface area contributed by atoms with Crippen molar-refractivity contribution in [3.63, 3.8) is 0 Å². The smallest absolute Gasteiger partial charge is 0.230 e. The van der Waals surface area contributed by atoms with Crippen molar-refractivity contribution >= 4 is 5.91 Å². The van der Waals surface area contributed by atoms with Crippen LogP contribution in [0, 0.1) is 6.92 Å². The monoisotopic (exact) mass is 350 g/mol. The van der Waals surface area contributed by atoms with E-state index in [9.17, 15) is 4.79 Å². The molecule has 2 aromatic rings. The Kier molecular flexibility index (Phi) is 4.72. The van der Waals surface area contributed by atoms with Crippen LogP contribution in [0.4, 0.5) is 0 Å². The molecule has 1 N–H and O–H groups in total. The van der Waals surface area contributed by atoms with Crippen molar-refractivity contribution in [3.8, 4) is 0 Å². The molecule has 136 valence electrons. The molecule has 0 radical (unpaired) electrons. The molecule has 1 saturated heterocycles. The molecule has 0 aliphatic carbocycles. The van der Waals surface area contributed by atoms with Gasteiger partial charge in [0.25, 0.3) is 0 Å². The summed E-state index contributed by atoms with van der Waals surface area (Å²) in [4.78, 5) is 24.3. The molecule has 2 aliphatic rings. The van der Waals surface area contributed by atoms with Crippen molar-refractivity contribution in [2.24, 2.45) is 0 Å². The molecule has 0 bridgehead atoms. The number of rotatable bonds is 3. The number of fused-ring (bicyclic) bond motifs is 1. The highest BCUT2D eigenvalue weighted by molar-refractivity contribution is 5.83. The van der Waals surface area contributed by atoms with Crippen molar-refractivity contribution in [3.05, 3.63) is 58.7 Å². The maximum atomic E-state index is 12.9. The van der Waals surface area contributed by atoms with Crippen LogP contribution in [0.1, 0.15) is 59.9 Å². The normalized spacial score (nSPS) is 20.7. The van der Waals surface area contributed by atoms with E-state index in [1.54, 1.807) is 0 Å². The molecule has 4 rings (SSSR count). The van der Waals surface area contributed by atoms with E-state index < -0.39 is 0 Å². The Balaban J connectivity index is 1.47. The molecule has 2 aliphatic heterocycles. The summed E-state index contributed by atoms with van der Waals surface area (Å²) >= 11 is 0. The molecule has 1 aromatic heterocycles. The molecule has 3 heterocycles. The minimum absolute atomic E-state index is 0.125. The zero-order valence-corrected chi connectivity index (χ0v) is 15.5. The van der Waals surface area contributed by atoms with E-state index in [1.165, 1.54) is 12.0 Å². The van der Waals surface area contributed by atoms with E-state index in [1.807, 2.05) is 18.0 Å². The van der Waals surface area contributed by atoms with Crippen molar-refractivity contribution in [2.75, 3.05) is 13.1 Å². The number of hydrogen-bond acceptors (Lipinski definition) is 4. The van der Waals surface area contributed by atoms with Crippen molar-refractivity contribution in [1.82, 2.24) is 20.2 Å². The lowest BCUT2D eigenvalue weighted by molar-refractivity contribution is -0.133. The van der Waals surface area contributed by atoms with Crippen LogP contribution < -0.4 is 5.32 Å². The van der Waals surface area contributed by atoms with Gasteiger partial charge in [-0.25, -0.2) is 9.97 Å². The van der Waals surface area contributed by atoms with Gasteiger partial charge >= 0.3 is 0 Å². The number of amides is 1. The maximum Gasteiger partial charge on any atom is 0.230 e. The Morgan fingerprint density at radius 3 is 2.85 bits per heavy atom. The Labute approximate surface area is 154 Å². The standard InChI is InChI=1S/C21H26N4O/c1-14-5-7-16(8-6-14)15(2)21(26)25-11-9-18-17(13-25)12-23-20(24-18)19-4-3-10-22-19/h5-8,12,15,19,22H,3-4,9-11,13H2,1-2H3/t15-,19-/m1/s1. The van der Waals surface area contributed by atoms with E-state index in [0.29, 0.717) is 12.6 Å². The Morgan fingerprint density at radius 1 is 1.31 bits per heavy atom. The molecule has 1 fully saturated rings.